The van der Waals surface area contributed by atoms with Gasteiger partial charge in [-0.3, -0.25) is 4.79 Å². The van der Waals surface area contributed by atoms with E-state index in [1.165, 1.54) is 19.3 Å². The fourth-order valence-corrected chi connectivity index (χ4v) is 11.6. The molecule has 0 unspecified atom stereocenters. The molecule has 0 amide bonds. The number of aliphatic hydroxyl groups is 4. The molecular formula is C35H42O11. The lowest BCUT2D eigenvalue weighted by Gasteiger charge is -2.66. The van der Waals surface area contributed by atoms with Gasteiger partial charge < -0.3 is 44.1 Å². The molecule has 15 atom stereocenters. The summed E-state index contributed by atoms with van der Waals surface area (Å²) < 4.78 is 31.2. The topological polar surface area (TPSA) is 165 Å². The Kier molecular flexibility index (Phi) is 6.33. The Labute approximate surface area is 267 Å². The van der Waals surface area contributed by atoms with Gasteiger partial charge in [-0.1, -0.05) is 44.2 Å². The minimum Gasteiger partial charge on any atom is -0.469 e. The Morgan fingerprint density at radius 1 is 1.11 bits per heavy atom. The van der Waals surface area contributed by atoms with E-state index in [4.69, 9.17) is 23.7 Å². The molecule has 4 aliphatic heterocycles. The van der Waals surface area contributed by atoms with E-state index >= 15 is 0 Å². The highest BCUT2D eigenvalue weighted by atomic mass is 16.7. The summed E-state index contributed by atoms with van der Waals surface area (Å²) in [6.45, 7) is 6.41. The molecule has 1 aromatic carbocycles. The molecule has 248 valence electrons. The molecule has 4 N–H and O–H groups in total. The van der Waals surface area contributed by atoms with Crippen LogP contribution in [0.25, 0.3) is 6.08 Å². The van der Waals surface area contributed by atoms with Crippen molar-refractivity contribution in [3.8, 4) is 0 Å². The summed E-state index contributed by atoms with van der Waals surface area (Å²) in [6.07, 6.45) is 0.265. The molecule has 6 fully saturated rings. The van der Waals surface area contributed by atoms with Crippen LogP contribution in [0.3, 0.4) is 0 Å². The molecule has 4 heterocycles. The van der Waals surface area contributed by atoms with Crippen molar-refractivity contribution in [1.29, 1.82) is 0 Å². The van der Waals surface area contributed by atoms with Gasteiger partial charge >= 0.3 is 5.97 Å². The average Bonchev–Trinajstić information content (AvgIpc) is 3.24. The first-order valence-electron chi connectivity index (χ1n) is 16.2. The molecule has 0 spiro atoms. The molecule has 3 aliphatic carbocycles. The van der Waals surface area contributed by atoms with Gasteiger partial charge in [-0.25, -0.2) is 4.79 Å². The second kappa shape index (κ2) is 9.49. The monoisotopic (exact) mass is 638 g/mol. The third kappa shape index (κ3) is 3.32. The van der Waals surface area contributed by atoms with E-state index in [0.717, 1.165) is 5.56 Å². The fourth-order valence-electron chi connectivity index (χ4n) is 11.6. The second-order valence-electron chi connectivity index (χ2n) is 15.2. The van der Waals surface area contributed by atoms with Gasteiger partial charge in [0.2, 0.25) is 6.29 Å². The molecule has 3 saturated carbocycles. The van der Waals surface area contributed by atoms with Crippen molar-refractivity contribution >= 4 is 17.8 Å². The highest BCUT2D eigenvalue weighted by molar-refractivity contribution is 5.87. The lowest BCUT2D eigenvalue weighted by Crippen LogP contribution is -2.77. The van der Waals surface area contributed by atoms with Crippen molar-refractivity contribution in [2.24, 2.45) is 34.0 Å². The lowest BCUT2D eigenvalue weighted by atomic mass is 9.37. The van der Waals surface area contributed by atoms with Crippen molar-refractivity contribution in [2.45, 2.75) is 94.1 Å². The van der Waals surface area contributed by atoms with Crippen molar-refractivity contribution in [1.82, 2.24) is 0 Å². The van der Waals surface area contributed by atoms with E-state index in [1.807, 2.05) is 44.2 Å². The highest BCUT2D eigenvalue weighted by Crippen LogP contribution is 2.80. The van der Waals surface area contributed by atoms with Crippen molar-refractivity contribution < 1.29 is 53.7 Å². The number of ether oxygens (including phenoxy) is 5. The number of aliphatic hydroxyl groups excluding tert-OH is 3. The van der Waals surface area contributed by atoms with Gasteiger partial charge in [-0.05, 0) is 38.0 Å². The Morgan fingerprint density at radius 3 is 2.54 bits per heavy atom. The molecule has 11 nitrogen and oxygen atoms in total. The van der Waals surface area contributed by atoms with Gasteiger partial charge in [-0.2, -0.15) is 0 Å². The zero-order chi connectivity index (χ0) is 32.7. The third-order valence-electron chi connectivity index (χ3n) is 13.4. The maximum absolute atomic E-state index is 14.3. The smallest absolute Gasteiger partial charge is 0.331 e. The zero-order valence-electron chi connectivity index (χ0n) is 26.4. The first-order valence-corrected chi connectivity index (χ1v) is 16.2. The number of carbonyl (C=O) groups excluding carboxylic acids is 2. The van der Waals surface area contributed by atoms with E-state index in [2.05, 4.69) is 0 Å². The summed E-state index contributed by atoms with van der Waals surface area (Å²) in [5.41, 5.74) is -6.88. The number of epoxide rings is 1. The quantitative estimate of drug-likeness (QED) is 0.203. The first kappa shape index (κ1) is 30.7. The molecule has 2 bridgehead atoms. The van der Waals surface area contributed by atoms with E-state index in [0.29, 0.717) is 6.42 Å². The molecule has 8 rings (SSSR count). The number of benzene rings is 1. The number of fused-ring (bicyclic) bond motifs is 7. The molecule has 46 heavy (non-hydrogen) atoms. The predicted molar refractivity (Wildman–Crippen MR) is 159 cm³/mol. The summed E-state index contributed by atoms with van der Waals surface area (Å²) in [5.74, 6) is -3.36. The summed E-state index contributed by atoms with van der Waals surface area (Å²) in [6, 6.07) is 9.24. The number of esters is 1. The normalized spacial score (nSPS) is 54.1. The SMILES string of the molecule is CC(=O)[C@@H]1[C@@]2(CO)[C@@H](OC(=O)/C=C/c3ccccc3)C[C@@H](O)[C@@]3(C)CO[C@H]([C@H]32)[C@@H](O)[C@@]1(C)[C@]12O[C@@]1(C)[C@H]1C[C@@H]2O[C@H]2OC=C[C@@]21O. The Bertz CT molecular complexity index is 1530. The van der Waals surface area contributed by atoms with Crippen LogP contribution in [0.15, 0.2) is 48.7 Å². The van der Waals surface area contributed by atoms with Crippen LogP contribution >= 0.6 is 0 Å². The van der Waals surface area contributed by atoms with E-state index in [9.17, 15) is 30.0 Å². The highest BCUT2D eigenvalue weighted by Gasteiger charge is 2.94. The van der Waals surface area contributed by atoms with Gasteiger partial charge in [0.15, 0.2) is 5.60 Å². The zero-order valence-corrected chi connectivity index (χ0v) is 26.4. The molecular weight excluding hydrogens is 596 g/mol. The van der Waals surface area contributed by atoms with E-state index in [1.54, 1.807) is 19.1 Å². The van der Waals surface area contributed by atoms with E-state index < -0.39 is 100 Å². The molecule has 11 heteroatoms. The van der Waals surface area contributed by atoms with Crippen LogP contribution in [0.5, 0.6) is 0 Å². The summed E-state index contributed by atoms with van der Waals surface area (Å²) >= 11 is 0. The fraction of sp³-hybridized carbons (Fsp3) is 0.657. The van der Waals surface area contributed by atoms with Crippen molar-refractivity contribution in [2.75, 3.05) is 13.2 Å². The van der Waals surface area contributed by atoms with Crippen LogP contribution in [0.2, 0.25) is 0 Å². The van der Waals surface area contributed by atoms with Crippen LogP contribution in [-0.2, 0) is 33.3 Å². The number of carbonyl (C=O) groups is 2. The van der Waals surface area contributed by atoms with Crippen LogP contribution in [-0.4, -0.2) is 99.0 Å². The minimum atomic E-state index is -1.47. The van der Waals surface area contributed by atoms with Crippen LogP contribution in [0, 0.1) is 34.0 Å². The van der Waals surface area contributed by atoms with E-state index in [-0.39, 0.29) is 18.8 Å². The van der Waals surface area contributed by atoms with Gasteiger partial charge in [0, 0.05) is 46.5 Å². The minimum absolute atomic E-state index is 0.0430. The largest absolute Gasteiger partial charge is 0.469 e. The second-order valence-corrected chi connectivity index (χ2v) is 15.2. The Balaban J connectivity index is 1.26. The van der Waals surface area contributed by atoms with Crippen LogP contribution in [0.1, 0.15) is 46.1 Å². The van der Waals surface area contributed by atoms with Gasteiger partial charge in [0.25, 0.3) is 0 Å². The van der Waals surface area contributed by atoms with Crippen LogP contribution in [0.4, 0.5) is 0 Å². The lowest BCUT2D eigenvalue weighted by molar-refractivity contribution is -0.301. The van der Waals surface area contributed by atoms with Crippen molar-refractivity contribution in [3.05, 3.63) is 54.3 Å². The van der Waals surface area contributed by atoms with Crippen molar-refractivity contribution in [3.63, 3.8) is 0 Å². The number of hydrogen-bond donors (Lipinski definition) is 4. The first-order chi connectivity index (χ1) is 21.8. The molecule has 7 aliphatic rings. The molecule has 1 aromatic rings. The van der Waals surface area contributed by atoms with Gasteiger partial charge in [0.05, 0.1) is 43.9 Å². The standard InChI is InChI=1S/C35H42O11/c1-18(37)26-31(3,35-23-14-20(32(35,4)46-35)34(41)12-13-42-29(34)45-23)28(40)25-27-30(2,17-43-25)21(38)15-22(33(26,27)16-36)44-24(39)11-10-19-8-6-5-7-9-19/h5-13,20-23,25-29,36,38,40-41H,14-17H2,1-4H3/b11-10+/t20-,21-,22+,23+,25-,26+,27-,28-,29-,30-,31+,32+,33-,34+,35+/m1/s1. The Hall–Kier alpha value is -2.64. The molecule has 0 radical (unpaired) electrons. The Morgan fingerprint density at radius 2 is 1.85 bits per heavy atom. The maximum Gasteiger partial charge on any atom is 0.331 e. The third-order valence-corrected chi connectivity index (χ3v) is 13.4. The average molecular weight is 639 g/mol. The number of rotatable bonds is 6. The predicted octanol–water partition coefficient (Wildman–Crippen LogP) is 1.51. The molecule has 0 aromatic heterocycles. The molecule has 3 saturated heterocycles. The summed E-state index contributed by atoms with van der Waals surface area (Å²) in [7, 11) is 0. The number of ketones is 1. The number of Topliss-reactive ketones (excluding diaryl/α,β-unsaturated/α-hetero) is 1. The number of hydrogen-bond acceptors (Lipinski definition) is 11. The maximum atomic E-state index is 14.3. The van der Waals surface area contributed by atoms with Crippen LogP contribution < -0.4 is 0 Å². The van der Waals surface area contributed by atoms with Gasteiger partial charge in [-0.15, -0.1) is 0 Å². The summed E-state index contributed by atoms with van der Waals surface area (Å²) in [5, 5.41) is 47.4. The van der Waals surface area contributed by atoms with Gasteiger partial charge in [0.1, 0.15) is 23.1 Å². The summed E-state index contributed by atoms with van der Waals surface area (Å²) in [4.78, 5) is 27.7.